The number of nitrogens with one attached hydrogen (secondary N) is 2. The van der Waals surface area contributed by atoms with Gasteiger partial charge in [0.15, 0.2) is 0 Å². The van der Waals surface area contributed by atoms with Gasteiger partial charge >= 0.3 is 0 Å². The summed E-state index contributed by atoms with van der Waals surface area (Å²) in [5.74, 6) is 0.0923. The molecule has 5 heteroatoms. The number of rotatable bonds is 5. The molecule has 1 aromatic heterocycles. The molecule has 0 radical (unpaired) electrons. The highest BCUT2D eigenvalue weighted by atomic mass is 16.2. The van der Waals surface area contributed by atoms with Crippen molar-refractivity contribution in [1.82, 2.24) is 10.3 Å². The number of carbonyl (C=O) groups excluding carboxylic acids is 2. The van der Waals surface area contributed by atoms with Gasteiger partial charge in [-0.15, -0.1) is 0 Å². The molecule has 0 spiro atoms. The second kappa shape index (κ2) is 9.21. The molecule has 0 saturated heterocycles. The summed E-state index contributed by atoms with van der Waals surface area (Å²) in [6.45, 7) is 7.02. The third-order valence-corrected chi connectivity index (χ3v) is 5.68. The highest BCUT2D eigenvalue weighted by molar-refractivity contribution is 5.92. The molecule has 0 atom stereocenters. The van der Waals surface area contributed by atoms with Crippen LogP contribution in [0.4, 0.5) is 5.69 Å². The van der Waals surface area contributed by atoms with E-state index in [1.54, 1.807) is 12.4 Å². The van der Waals surface area contributed by atoms with Crippen molar-refractivity contribution >= 4 is 17.5 Å². The van der Waals surface area contributed by atoms with Gasteiger partial charge in [0, 0.05) is 36.5 Å². The summed E-state index contributed by atoms with van der Waals surface area (Å²) >= 11 is 0. The van der Waals surface area contributed by atoms with E-state index in [-0.39, 0.29) is 29.1 Å². The monoisotopic (exact) mass is 393 g/mol. The van der Waals surface area contributed by atoms with Crippen LogP contribution < -0.4 is 10.6 Å². The number of hydrogen-bond acceptors (Lipinski definition) is 3. The summed E-state index contributed by atoms with van der Waals surface area (Å²) < 4.78 is 0. The molecule has 2 aromatic rings. The molecule has 1 aliphatic rings. The first-order chi connectivity index (χ1) is 13.8. The van der Waals surface area contributed by atoms with Crippen molar-refractivity contribution in [1.29, 1.82) is 0 Å². The molecule has 154 valence electrons. The van der Waals surface area contributed by atoms with E-state index in [4.69, 9.17) is 0 Å². The van der Waals surface area contributed by atoms with Crippen molar-refractivity contribution in [2.45, 2.75) is 58.4 Å². The van der Waals surface area contributed by atoms with Gasteiger partial charge in [-0.1, -0.05) is 39.0 Å². The van der Waals surface area contributed by atoms with Crippen LogP contribution in [0.15, 0.2) is 48.8 Å². The maximum atomic E-state index is 12.6. The number of nitrogens with zero attached hydrogens (tertiary/aromatic N) is 1. The Morgan fingerprint density at radius 3 is 2.14 bits per heavy atom. The smallest absolute Gasteiger partial charge is 0.227 e. The van der Waals surface area contributed by atoms with Crippen molar-refractivity contribution in [2.75, 3.05) is 5.32 Å². The first-order valence-corrected chi connectivity index (χ1v) is 10.4. The minimum atomic E-state index is -0.0281. The van der Waals surface area contributed by atoms with Crippen molar-refractivity contribution in [3.05, 3.63) is 59.9 Å². The quantitative estimate of drug-likeness (QED) is 0.789. The Kier molecular flexibility index (Phi) is 6.68. The predicted molar refractivity (Wildman–Crippen MR) is 115 cm³/mol. The Balaban J connectivity index is 1.45. The Bertz CT molecular complexity index is 817. The summed E-state index contributed by atoms with van der Waals surface area (Å²) in [7, 11) is 0. The van der Waals surface area contributed by atoms with Crippen LogP contribution in [-0.2, 0) is 21.5 Å². The third-order valence-electron chi connectivity index (χ3n) is 5.68. The van der Waals surface area contributed by atoms with E-state index in [0.717, 1.165) is 36.9 Å². The Morgan fingerprint density at radius 2 is 1.59 bits per heavy atom. The molecular formula is C24H31N3O2. The van der Waals surface area contributed by atoms with Crippen LogP contribution in [0, 0.1) is 11.8 Å². The van der Waals surface area contributed by atoms with Gasteiger partial charge in [0.25, 0.3) is 0 Å². The number of benzene rings is 1. The second-order valence-corrected chi connectivity index (χ2v) is 8.94. The summed E-state index contributed by atoms with van der Waals surface area (Å²) in [6.07, 6.45) is 6.47. The maximum absolute atomic E-state index is 12.6. The van der Waals surface area contributed by atoms with E-state index in [1.807, 2.05) is 24.3 Å². The van der Waals surface area contributed by atoms with Gasteiger partial charge in [0.2, 0.25) is 11.8 Å². The zero-order chi connectivity index (χ0) is 20.9. The number of carbonyl (C=O) groups is 2. The van der Waals surface area contributed by atoms with Crippen molar-refractivity contribution < 1.29 is 9.59 Å². The van der Waals surface area contributed by atoms with E-state index in [1.165, 1.54) is 5.56 Å². The van der Waals surface area contributed by atoms with Crippen molar-refractivity contribution in [3.63, 3.8) is 0 Å². The fourth-order valence-corrected chi connectivity index (χ4v) is 3.75. The van der Waals surface area contributed by atoms with Crippen LogP contribution in [0.3, 0.4) is 0 Å². The van der Waals surface area contributed by atoms with Gasteiger partial charge in [-0.05, 0) is 60.4 Å². The molecule has 1 aliphatic carbocycles. The van der Waals surface area contributed by atoms with Gasteiger partial charge in [0.1, 0.15) is 0 Å². The fraction of sp³-hybridized carbons (Fsp3) is 0.458. The Labute approximate surface area is 173 Å². The lowest BCUT2D eigenvalue weighted by atomic mass is 9.81. The van der Waals surface area contributed by atoms with Crippen molar-refractivity contribution in [3.8, 4) is 0 Å². The number of hydrogen-bond donors (Lipinski definition) is 2. The SMILES string of the molecule is CC(C)(C)c1ccc(NC(=O)C2CCC(C(=O)NCc3cccnc3)CC2)cc1. The molecule has 0 aliphatic heterocycles. The van der Waals surface area contributed by atoms with Gasteiger partial charge < -0.3 is 10.6 Å². The summed E-state index contributed by atoms with van der Waals surface area (Å²) in [5, 5.41) is 6.03. The minimum absolute atomic E-state index is 0.0122. The highest BCUT2D eigenvalue weighted by Crippen LogP contribution is 2.30. The lowest BCUT2D eigenvalue weighted by Gasteiger charge is -2.27. The lowest BCUT2D eigenvalue weighted by molar-refractivity contribution is -0.128. The van der Waals surface area contributed by atoms with E-state index in [2.05, 4.69) is 48.5 Å². The third kappa shape index (κ3) is 5.89. The van der Waals surface area contributed by atoms with Gasteiger partial charge in [-0.3, -0.25) is 14.6 Å². The second-order valence-electron chi connectivity index (χ2n) is 8.94. The number of aromatic nitrogens is 1. The normalized spacial score (nSPS) is 19.4. The topological polar surface area (TPSA) is 71.1 Å². The fourth-order valence-electron chi connectivity index (χ4n) is 3.75. The van der Waals surface area contributed by atoms with Gasteiger partial charge in [-0.2, -0.15) is 0 Å². The summed E-state index contributed by atoms with van der Waals surface area (Å²) in [4.78, 5) is 29.1. The molecule has 2 N–H and O–H groups in total. The molecule has 1 heterocycles. The molecule has 1 aromatic carbocycles. The number of amides is 2. The predicted octanol–water partition coefficient (Wildman–Crippen LogP) is 4.44. The van der Waals surface area contributed by atoms with Gasteiger partial charge in [-0.25, -0.2) is 0 Å². The first-order valence-electron chi connectivity index (χ1n) is 10.4. The molecule has 5 nitrogen and oxygen atoms in total. The van der Waals surface area contributed by atoms with Crippen LogP contribution in [0.2, 0.25) is 0 Å². The van der Waals surface area contributed by atoms with E-state index >= 15 is 0 Å². The molecule has 29 heavy (non-hydrogen) atoms. The molecule has 0 bridgehead atoms. The van der Waals surface area contributed by atoms with E-state index in [9.17, 15) is 9.59 Å². The average Bonchev–Trinajstić information content (AvgIpc) is 2.72. The highest BCUT2D eigenvalue weighted by Gasteiger charge is 2.30. The molecule has 0 unspecified atom stereocenters. The van der Waals surface area contributed by atoms with Crippen LogP contribution >= 0.6 is 0 Å². The first kappa shape index (κ1) is 21.0. The maximum Gasteiger partial charge on any atom is 0.227 e. The number of pyridine rings is 1. The van der Waals surface area contributed by atoms with Crippen LogP contribution in [0.25, 0.3) is 0 Å². The van der Waals surface area contributed by atoms with E-state index < -0.39 is 0 Å². The Morgan fingerprint density at radius 1 is 0.966 bits per heavy atom. The lowest BCUT2D eigenvalue weighted by Crippen LogP contribution is -2.35. The van der Waals surface area contributed by atoms with Gasteiger partial charge in [0.05, 0.1) is 0 Å². The van der Waals surface area contributed by atoms with Crippen molar-refractivity contribution in [2.24, 2.45) is 11.8 Å². The zero-order valence-electron chi connectivity index (χ0n) is 17.6. The van der Waals surface area contributed by atoms with E-state index in [0.29, 0.717) is 6.54 Å². The number of anilines is 1. The Hall–Kier alpha value is -2.69. The molecule has 1 fully saturated rings. The molecule has 3 rings (SSSR count). The molecular weight excluding hydrogens is 362 g/mol. The average molecular weight is 394 g/mol. The van der Waals surface area contributed by atoms with Crippen LogP contribution in [0.5, 0.6) is 0 Å². The molecule has 1 saturated carbocycles. The van der Waals surface area contributed by atoms with Crippen LogP contribution in [-0.4, -0.2) is 16.8 Å². The summed E-state index contributed by atoms with van der Waals surface area (Å²) in [5.41, 5.74) is 3.16. The minimum Gasteiger partial charge on any atom is -0.352 e. The standard InChI is InChI=1S/C24H31N3O2/c1-24(2,3)20-10-12-21(13-11-20)27-23(29)19-8-6-18(7-9-19)22(28)26-16-17-5-4-14-25-15-17/h4-5,10-15,18-19H,6-9,16H2,1-3H3,(H,26,28)(H,27,29). The largest absolute Gasteiger partial charge is 0.352 e. The van der Waals surface area contributed by atoms with Crippen LogP contribution in [0.1, 0.15) is 57.6 Å². The zero-order valence-corrected chi connectivity index (χ0v) is 17.6. The molecule has 2 amide bonds. The summed E-state index contributed by atoms with van der Waals surface area (Å²) in [6, 6.07) is 11.9.